The first kappa shape index (κ1) is 14.0. The molecule has 0 aliphatic carbocycles. The molecular weight excluding hydrogens is 232 g/mol. The van der Waals surface area contributed by atoms with E-state index in [1.165, 1.54) is 0 Å². The second-order valence-electron chi connectivity index (χ2n) is 4.10. The molecule has 0 saturated carbocycles. The highest BCUT2D eigenvalue weighted by Gasteiger charge is 2.16. The predicted octanol–water partition coefficient (Wildman–Crippen LogP) is 2.50. The van der Waals surface area contributed by atoms with E-state index in [1.54, 1.807) is 32.1 Å². The largest absolute Gasteiger partial charge is 0.481 e. The molecule has 0 atom stereocenters. The van der Waals surface area contributed by atoms with E-state index >= 15 is 0 Å². The number of carbonyl (C=O) groups excluding carboxylic acids is 1. The molecule has 4 nitrogen and oxygen atoms in total. The zero-order valence-corrected chi connectivity index (χ0v) is 10.4. The summed E-state index contributed by atoms with van der Waals surface area (Å²) < 4.78 is 5.01. The van der Waals surface area contributed by atoms with E-state index in [2.05, 4.69) is 0 Å². The highest BCUT2D eigenvalue weighted by molar-refractivity contribution is 5.98. The first-order chi connectivity index (χ1) is 8.49. The topological polar surface area (TPSA) is 63.6 Å². The fourth-order valence-corrected chi connectivity index (χ4v) is 1.39. The first-order valence-corrected chi connectivity index (χ1v) is 5.67. The molecule has 1 rings (SSSR count). The van der Waals surface area contributed by atoms with Crippen LogP contribution in [0.1, 0.15) is 25.8 Å². The molecule has 1 aromatic carbocycles. The van der Waals surface area contributed by atoms with Gasteiger partial charge in [-0.25, -0.2) is 4.79 Å². The Labute approximate surface area is 106 Å². The molecule has 0 heterocycles. The lowest BCUT2D eigenvalue weighted by Gasteiger charge is -2.09. The Morgan fingerprint density at radius 3 is 2.39 bits per heavy atom. The Hall–Kier alpha value is -2.10. The van der Waals surface area contributed by atoms with Crippen molar-refractivity contribution in [3.63, 3.8) is 0 Å². The number of benzene rings is 1. The highest BCUT2D eigenvalue weighted by atomic mass is 16.5. The Balaban J connectivity index is 2.94. The number of carboxylic acid groups (broad SMARTS) is 1. The van der Waals surface area contributed by atoms with Gasteiger partial charge in [0.05, 0.1) is 12.5 Å². The maximum atomic E-state index is 11.7. The van der Waals surface area contributed by atoms with Crippen molar-refractivity contribution in [3.05, 3.63) is 41.5 Å². The number of carbonyl (C=O) groups is 2. The molecule has 1 aromatic rings. The fraction of sp³-hybridized carbons (Fsp3) is 0.286. The molecule has 0 fully saturated rings. The van der Waals surface area contributed by atoms with Crippen LogP contribution in [0.5, 0.6) is 0 Å². The van der Waals surface area contributed by atoms with Gasteiger partial charge in [0.25, 0.3) is 0 Å². The molecule has 0 aliphatic rings. The SMILES string of the molecule is CC(C)OC(=O)/C(=C/c1ccccc1)CC(=O)O. The van der Waals surface area contributed by atoms with Gasteiger partial charge >= 0.3 is 11.9 Å². The van der Waals surface area contributed by atoms with E-state index in [0.29, 0.717) is 0 Å². The minimum absolute atomic E-state index is 0.141. The molecule has 0 saturated heterocycles. The number of aliphatic carboxylic acids is 1. The standard InChI is InChI=1S/C14H16O4/c1-10(2)18-14(17)12(9-13(15)16)8-11-6-4-3-5-7-11/h3-8,10H,9H2,1-2H3,(H,15,16)/b12-8+. The Kier molecular flexibility index (Phi) is 5.11. The Morgan fingerprint density at radius 2 is 1.89 bits per heavy atom. The van der Waals surface area contributed by atoms with Crippen molar-refractivity contribution in [2.75, 3.05) is 0 Å². The van der Waals surface area contributed by atoms with Gasteiger partial charge in [0.2, 0.25) is 0 Å². The third-order valence-electron chi connectivity index (χ3n) is 2.09. The lowest BCUT2D eigenvalue weighted by molar-refractivity contribution is -0.145. The van der Waals surface area contributed by atoms with Crippen LogP contribution in [0.25, 0.3) is 6.08 Å². The highest BCUT2D eigenvalue weighted by Crippen LogP contribution is 2.12. The Morgan fingerprint density at radius 1 is 1.28 bits per heavy atom. The maximum absolute atomic E-state index is 11.7. The van der Waals surface area contributed by atoms with Crippen LogP contribution >= 0.6 is 0 Å². The van der Waals surface area contributed by atoms with Crippen LogP contribution in [-0.2, 0) is 14.3 Å². The lowest BCUT2D eigenvalue weighted by Crippen LogP contribution is -2.15. The van der Waals surface area contributed by atoms with Crippen molar-refractivity contribution >= 4 is 18.0 Å². The van der Waals surface area contributed by atoms with Gasteiger partial charge < -0.3 is 9.84 Å². The maximum Gasteiger partial charge on any atom is 0.334 e. The summed E-state index contributed by atoms with van der Waals surface area (Å²) in [6, 6.07) is 9.08. The van der Waals surface area contributed by atoms with Crippen molar-refractivity contribution in [2.24, 2.45) is 0 Å². The van der Waals surface area contributed by atoms with Gasteiger partial charge in [0.15, 0.2) is 0 Å². The summed E-state index contributed by atoms with van der Waals surface area (Å²) in [7, 11) is 0. The third-order valence-corrected chi connectivity index (χ3v) is 2.09. The van der Waals surface area contributed by atoms with Crippen LogP contribution in [0.15, 0.2) is 35.9 Å². The second-order valence-corrected chi connectivity index (χ2v) is 4.10. The van der Waals surface area contributed by atoms with Gasteiger partial charge in [-0.1, -0.05) is 30.3 Å². The van der Waals surface area contributed by atoms with Crippen molar-refractivity contribution in [1.82, 2.24) is 0 Å². The molecule has 96 valence electrons. The summed E-state index contributed by atoms with van der Waals surface area (Å²) in [5.74, 6) is -1.64. The van der Waals surface area contributed by atoms with Crippen molar-refractivity contribution in [2.45, 2.75) is 26.4 Å². The summed E-state index contributed by atoms with van der Waals surface area (Å²) in [4.78, 5) is 22.5. The number of hydrogen-bond donors (Lipinski definition) is 1. The monoisotopic (exact) mass is 248 g/mol. The van der Waals surface area contributed by atoms with Crippen LogP contribution in [0.4, 0.5) is 0 Å². The molecule has 0 unspecified atom stereocenters. The molecule has 1 N–H and O–H groups in total. The van der Waals surface area contributed by atoms with E-state index in [1.807, 2.05) is 18.2 Å². The number of esters is 1. The van der Waals surface area contributed by atoms with Crippen molar-refractivity contribution in [1.29, 1.82) is 0 Å². The smallest absolute Gasteiger partial charge is 0.334 e. The predicted molar refractivity (Wildman–Crippen MR) is 67.9 cm³/mol. The van der Waals surface area contributed by atoms with Crippen LogP contribution in [0.3, 0.4) is 0 Å². The van der Waals surface area contributed by atoms with Gasteiger partial charge in [0.1, 0.15) is 0 Å². The number of carboxylic acids is 1. The lowest BCUT2D eigenvalue weighted by atomic mass is 10.1. The van der Waals surface area contributed by atoms with Crippen LogP contribution in [0.2, 0.25) is 0 Å². The normalized spacial score (nSPS) is 11.4. The first-order valence-electron chi connectivity index (χ1n) is 5.67. The number of rotatable bonds is 5. The molecule has 0 radical (unpaired) electrons. The third kappa shape index (κ3) is 4.82. The van der Waals surface area contributed by atoms with Gasteiger partial charge in [-0.05, 0) is 25.5 Å². The molecule has 0 aliphatic heterocycles. The quantitative estimate of drug-likeness (QED) is 0.642. The average molecular weight is 248 g/mol. The summed E-state index contributed by atoms with van der Waals surface area (Å²) in [5, 5.41) is 8.80. The minimum atomic E-state index is -1.06. The molecule has 0 bridgehead atoms. The summed E-state index contributed by atoms with van der Waals surface area (Å²) in [6.07, 6.45) is 0.921. The molecule has 4 heteroatoms. The molecular formula is C14H16O4. The number of ether oxygens (including phenoxy) is 1. The van der Waals surface area contributed by atoms with E-state index in [-0.39, 0.29) is 18.1 Å². The van der Waals surface area contributed by atoms with Gasteiger partial charge in [-0.3, -0.25) is 4.79 Å². The van der Waals surface area contributed by atoms with E-state index in [0.717, 1.165) is 5.56 Å². The van der Waals surface area contributed by atoms with Crippen molar-refractivity contribution in [3.8, 4) is 0 Å². The van der Waals surface area contributed by atoms with Crippen LogP contribution < -0.4 is 0 Å². The molecule has 0 spiro atoms. The molecule has 0 amide bonds. The van der Waals surface area contributed by atoms with Crippen LogP contribution in [0, 0.1) is 0 Å². The Bertz CT molecular complexity index is 446. The van der Waals surface area contributed by atoms with Gasteiger partial charge in [0, 0.05) is 5.57 Å². The summed E-state index contributed by atoms with van der Waals surface area (Å²) in [6.45, 7) is 3.44. The average Bonchev–Trinajstić information content (AvgIpc) is 2.28. The summed E-state index contributed by atoms with van der Waals surface area (Å²) in [5.41, 5.74) is 0.914. The zero-order chi connectivity index (χ0) is 13.5. The number of hydrogen-bond acceptors (Lipinski definition) is 3. The molecule has 0 aromatic heterocycles. The van der Waals surface area contributed by atoms with E-state index < -0.39 is 11.9 Å². The van der Waals surface area contributed by atoms with Gasteiger partial charge in [-0.2, -0.15) is 0 Å². The summed E-state index contributed by atoms with van der Waals surface area (Å²) >= 11 is 0. The van der Waals surface area contributed by atoms with Crippen molar-refractivity contribution < 1.29 is 19.4 Å². The van der Waals surface area contributed by atoms with E-state index in [4.69, 9.17) is 9.84 Å². The second kappa shape index (κ2) is 6.59. The van der Waals surface area contributed by atoms with E-state index in [9.17, 15) is 9.59 Å². The fourth-order valence-electron chi connectivity index (χ4n) is 1.39. The zero-order valence-electron chi connectivity index (χ0n) is 10.4. The molecule has 18 heavy (non-hydrogen) atoms. The minimum Gasteiger partial charge on any atom is -0.481 e. The van der Waals surface area contributed by atoms with Gasteiger partial charge in [-0.15, -0.1) is 0 Å². The van der Waals surface area contributed by atoms with Crippen LogP contribution in [-0.4, -0.2) is 23.1 Å².